The third-order valence-electron chi connectivity index (χ3n) is 10.2. The van der Waals surface area contributed by atoms with E-state index in [1.807, 2.05) is 6.92 Å². The molecule has 0 amide bonds. The fourth-order valence-electron chi connectivity index (χ4n) is 8.99. The van der Waals surface area contributed by atoms with Gasteiger partial charge in [0.25, 0.3) is 0 Å². The molecule has 4 nitrogen and oxygen atoms in total. The van der Waals surface area contributed by atoms with Crippen LogP contribution in [0.25, 0.3) is 0 Å². The SMILES string of the molecule is C[C@@H]1C[C@H](C(=O)Cn2cc(C(F)(F)F)cn2)[C@@]2(C)CC[C@H]3[C@@H](CC[C@@H]4C[C@](C)(O)CC[C@@H]43)[C@H]12. The summed E-state index contributed by atoms with van der Waals surface area (Å²) >= 11 is 0. The third kappa shape index (κ3) is 3.96. The standard InChI is InChI=1S/C26H37F3N2O2/c1-15-10-21(22(32)14-31-13-17(12-30-31)26(27,28)29)25(3)9-7-19-18-6-8-24(2,33)11-16(18)4-5-20(19)23(15)25/h12-13,15-16,18-21,23,33H,4-11,14H2,1-3H3/t15-,16-,18+,19-,20-,21-,23+,24-,25-/m1/s1. The summed E-state index contributed by atoms with van der Waals surface area (Å²) in [7, 11) is 0. The van der Waals surface area contributed by atoms with Crippen molar-refractivity contribution in [3.63, 3.8) is 0 Å². The Kier molecular flexibility index (Phi) is 5.54. The molecule has 184 valence electrons. The number of carbonyl (C=O) groups excluding carboxylic acids is 1. The van der Waals surface area contributed by atoms with Crippen molar-refractivity contribution in [1.82, 2.24) is 9.78 Å². The van der Waals surface area contributed by atoms with Crippen LogP contribution in [0.4, 0.5) is 13.2 Å². The number of aliphatic hydroxyl groups is 1. The zero-order valence-corrected chi connectivity index (χ0v) is 19.9. The number of carbonyl (C=O) groups is 1. The lowest BCUT2D eigenvalue weighted by Gasteiger charge is -2.57. The number of hydrogen-bond acceptors (Lipinski definition) is 3. The first kappa shape index (κ1) is 23.4. The Morgan fingerprint density at radius 2 is 1.88 bits per heavy atom. The summed E-state index contributed by atoms with van der Waals surface area (Å²) in [6, 6.07) is 0. The van der Waals surface area contributed by atoms with Gasteiger partial charge in [-0.2, -0.15) is 18.3 Å². The zero-order valence-electron chi connectivity index (χ0n) is 19.9. The van der Waals surface area contributed by atoms with Gasteiger partial charge in [-0.1, -0.05) is 13.8 Å². The second kappa shape index (κ2) is 7.82. The fraction of sp³-hybridized carbons (Fsp3) is 0.846. The van der Waals surface area contributed by atoms with Crippen LogP contribution in [0, 0.1) is 46.8 Å². The van der Waals surface area contributed by atoms with Crippen molar-refractivity contribution in [2.45, 2.75) is 90.5 Å². The summed E-state index contributed by atoms with van der Waals surface area (Å²) in [6.07, 6.45) is 5.58. The molecule has 1 N–H and O–H groups in total. The predicted octanol–water partition coefficient (Wildman–Crippen LogP) is 5.74. The number of ketones is 1. The van der Waals surface area contributed by atoms with Crippen LogP contribution in [0.2, 0.25) is 0 Å². The van der Waals surface area contributed by atoms with Crippen LogP contribution in [0.5, 0.6) is 0 Å². The Morgan fingerprint density at radius 3 is 2.58 bits per heavy atom. The highest BCUT2D eigenvalue weighted by molar-refractivity contribution is 5.82. The highest BCUT2D eigenvalue weighted by atomic mass is 19.4. The number of alkyl halides is 3. The predicted molar refractivity (Wildman–Crippen MR) is 118 cm³/mol. The maximum absolute atomic E-state index is 13.4. The number of nitrogens with zero attached hydrogens (tertiary/aromatic N) is 2. The molecule has 0 aliphatic heterocycles. The lowest BCUT2D eigenvalue weighted by molar-refractivity contribution is -0.138. The molecule has 33 heavy (non-hydrogen) atoms. The normalized spacial score (nSPS) is 45.2. The molecule has 0 bridgehead atoms. The van der Waals surface area contributed by atoms with Gasteiger partial charge < -0.3 is 5.11 Å². The monoisotopic (exact) mass is 466 g/mol. The van der Waals surface area contributed by atoms with Crippen LogP contribution in [0.15, 0.2) is 12.4 Å². The molecule has 4 fully saturated rings. The van der Waals surface area contributed by atoms with Crippen molar-refractivity contribution in [3.8, 4) is 0 Å². The van der Waals surface area contributed by atoms with Crippen molar-refractivity contribution in [1.29, 1.82) is 0 Å². The van der Waals surface area contributed by atoms with Crippen LogP contribution in [0.3, 0.4) is 0 Å². The Hall–Kier alpha value is -1.37. The van der Waals surface area contributed by atoms with Gasteiger partial charge in [-0.3, -0.25) is 9.48 Å². The molecule has 0 spiro atoms. The van der Waals surface area contributed by atoms with Gasteiger partial charge in [-0.25, -0.2) is 0 Å². The van der Waals surface area contributed by atoms with Crippen molar-refractivity contribution < 1.29 is 23.1 Å². The molecule has 5 rings (SSSR count). The molecule has 4 saturated carbocycles. The van der Waals surface area contributed by atoms with E-state index in [0.29, 0.717) is 35.5 Å². The molecule has 0 unspecified atom stereocenters. The first-order valence-corrected chi connectivity index (χ1v) is 12.7. The fourth-order valence-corrected chi connectivity index (χ4v) is 8.99. The number of Topliss-reactive ketones (excluding diaryl/α,β-unsaturated/α-hetero) is 1. The van der Waals surface area contributed by atoms with Gasteiger partial charge in [-0.15, -0.1) is 0 Å². The van der Waals surface area contributed by atoms with Crippen LogP contribution in [-0.4, -0.2) is 26.3 Å². The van der Waals surface area contributed by atoms with Gasteiger partial charge in [0.1, 0.15) is 0 Å². The van der Waals surface area contributed by atoms with Crippen LogP contribution < -0.4 is 0 Å². The molecular formula is C26H37F3N2O2. The first-order valence-electron chi connectivity index (χ1n) is 12.7. The van der Waals surface area contributed by atoms with E-state index in [9.17, 15) is 23.1 Å². The molecule has 4 aliphatic rings. The van der Waals surface area contributed by atoms with E-state index in [4.69, 9.17) is 0 Å². The van der Waals surface area contributed by atoms with E-state index in [-0.39, 0.29) is 23.7 Å². The van der Waals surface area contributed by atoms with Crippen molar-refractivity contribution >= 4 is 5.78 Å². The van der Waals surface area contributed by atoms with Gasteiger partial charge in [0, 0.05) is 12.1 Å². The molecule has 1 aromatic rings. The lowest BCUT2D eigenvalue weighted by Crippen LogP contribution is -2.51. The number of hydrogen-bond donors (Lipinski definition) is 1. The summed E-state index contributed by atoms with van der Waals surface area (Å²) < 4.78 is 40.0. The lowest BCUT2D eigenvalue weighted by atomic mass is 9.48. The first-order chi connectivity index (χ1) is 15.4. The largest absolute Gasteiger partial charge is 0.419 e. The number of halogens is 3. The summed E-state index contributed by atoms with van der Waals surface area (Å²) in [6.45, 7) is 6.47. The minimum Gasteiger partial charge on any atom is -0.390 e. The van der Waals surface area contributed by atoms with E-state index < -0.39 is 17.3 Å². The summed E-state index contributed by atoms with van der Waals surface area (Å²) in [5, 5.41) is 14.4. The van der Waals surface area contributed by atoms with Gasteiger partial charge >= 0.3 is 6.18 Å². The van der Waals surface area contributed by atoms with Crippen LogP contribution in [0.1, 0.15) is 77.7 Å². The quantitative estimate of drug-likeness (QED) is 0.618. The van der Waals surface area contributed by atoms with E-state index in [2.05, 4.69) is 18.9 Å². The summed E-state index contributed by atoms with van der Waals surface area (Å²) in [5.41, 5.74) is -1.40. The van der Waals surface area contributed by atoms with Crippen molar-refractivity contribution in [2.24, 2.45) is 46.8 Å². The molecule has 0 radical (unpaired) electrons. The molecular weight excluding hydrogens is 429 g/mol. The Labute approximate surface area is 194 Å². The minimum atomic E-state index is -4.44. The maximum atomic E-state index is 13.4. The van der Waals surface area contributed by atoms with Gasteiger partial charge in [0.2, 0.25) is 0 Å². The minimum absolute atomic E-state index is 0.0320. The van der Waals surface area contributed by atoms with E-state index in [0.717, 1.165) is 55.6 Å². The highest BCUT2D eigenvalue weighted by Gasteiger charge is 2.61. The molecule has 4 aliphatic carbocycles. The molecule has 7 heteroatoms. The van der Waals surface area contributed by atoms with Gasteiger partial charge in [0.15, 0.2) is 5.78 Å². The second-order valence-corrected chi connectivity index (χ2v) is 12.3. The van der Waals surface area contributed by atoms with Gasteiger partial charge in [0.05, 0.1) is 23.9 Å². The summed E-state index contributed by atoms with van der Waals surface area (Å²) in [4.78, 5) is 13.4. The summed E-state index contributed by atoms with van der Waals surface area (Å²) in [5.74, 6) is 3.50. The third-order valence-corrected chi connectivity index (χ3v) is 10.2. The number of rotatable bonds is 3. The molecule has 9 atom stereocenters. The Balaban J connectivity index is 1.32. The topological polar surface area (TPSA) is 55.1 Å². The second-order valence-electron chi connectivity index (χ2n) is 12.3. The average molecular weight is 467 g/mol. The van der Waals surface area contributed by atoms with Crippen LogP contribution >= 0.6 is 0 Å². The van der Waals surface area contributed by atoms with E-state index in [1.165, 1.54) is 12.8 Å². The zero-order chi connectivity index (χ0) is 23.8. The number of aromatic nitrogens is 2. The van der Waals surface area contributed by atoms with E-state index >= 15 is 0 Å². The molecule has 0 aromatic carbocycles. The molecule has 0 saturated heterocycles. The smallest absolute Gasteiger partial charge is 0.390 e. The molecule has 1 heterocycles. The van der Waals surface area contributed by atoms with Crippen molar-refractivity contribution in [2.75, 3.05) is 0 Å². The van der Waals surface area contributed by atoms with Gasteiger partial charge in [-0.05, 0) is 99.2 Å². The Bertz CT molecular complexity index is 910. The van der Waals surface area contributed by atoms with E-state index in [1.54, 1.807) is 0 Å². The molecule has 1 aromatic heterocycles. The maximum Gasteiger partial charge on any atom is 0.419 e. The average Bonchev–Trinajstić information content (AvgIpc) is 3.29. The van der Waals surface area contributed by atoms with Crippen LogP contribution in [-0.2, 0) is 17.5 Å². The highest BCUT2D eigenvalue weighted by Crippen LogP contribution is 2.66. The Morgan fingerprint density at radius 1 is 1.15 bits per heavy atom. The van der Waals surface area contributed by atoms with Crippen molar-refractivity contribution in [3.05, 3.63) is 18.0 Å². The number of fused-ring (bicyclic) bond motifs is 5.